The van der Waals surface area contributed by atoms with Crippen LogP contribution in [0.4, 0.5) is 4.79 Å². The molecule has 3 fully saturated rings. The topological polar surface area (TPSA) is 174 Å². The zero-order valence-corrected chi connectivity index (χ0v) is 28.4. The lowest BCUT2D eigenvalue weighted by atomic mass is 9.85. The molecule has 254 valence electrons. The molecule has 2 heterocycles. The van der Waals surface area contributed by atoms with Gasteiger partial charge in [0.25, 0.3) is 5.91 Å². The van der Waals surface area contributed by atoms with E-state index in [9.17, 15) is 32.4 Å². The van der Waals surface area contributed by atoms with Gasteiger partial charge in [0.15, 0.2) is 0 Å². The maximum absolute atomic E-state index is 14.0. The van der Waals surface area contributed by atoms with Crippen molar-refractivity contribution in [3.05, 3.63) is 12.7 Å². The Morgan fingerprint density at radius 3 is 2.11 bits per heavy atom. The lowest BCUT2D eigenvalue weighted by Crippen LogP contribution is -2.61. The van der Waals surface area contributed by atoms with E-state index >= 15 is 0 Å². The summed E-state index contributed by atoms with van der Waals surface area (Å²) in [6.45, 7) is 15.6. The van der Waals surface area contributed by atoms with Gasteiger partial charge in [0.1, 0.15) is 12.1 Å². The Balaban J connectivity index is 1.72. The van der Waals surface area contributed by atoms with Gasteiger partial charge in [-0.25, -0.2) is 13.2 Å². The third-order valence-electron chi connectivity index (χ3n) is 8.70. The smallest absolute Gasteiger partial charge is 0.315 e. The van der Waals surface area contributed by atoms with Gasteiger partial charge in [-0.15, -0.1) is 6.58 Å². The van der Waals surface area contributed by atoms with Gasteiger partial charge in [-0.05, 0) is 42.4 Å². The normalized spacial score (nSPS) is 22.2. The highest BCUT2D eigenvalue weighted by Gasteiger charge is 2.44. The zero-order chi connectivity index (χ0) is 33.7. The lowest BCUT2D eigenvalue weighted by molar-refractivity contribution is -0.143. The largest absolute Gasteiger partial charge is 0.346 e. The molecular formula is C31H52N6O7S. The van der Waals surface area contributed by atoms with E-state index in [1.165, 1.54) is 15.3 Å². The van der Waals surface area contributed by atoms with E-state index < -0.39 is 74.6 Å². The van der Waals surface area contributed by atoms with Gasteiger partial charge < -0.3 is 26.2 Å². The van der Waals surface area contributed by atoms with Crippen LogP contribution in [0.2, 0.25) is 0 Å². The summed E-state index contributed by atoms with van der Waals surface area (Å²) in [5.74, 6) is -2.12. The van der Waals surface area contributed by atoms with E-state index in [1.807, 2.05) is 41.5 Å². The Kier molecular flexibility index (Phi) is 11.8. The molecule has 0 spiro atoms. The van der Waals surface area contributed by atoms with E-state index in [2.05, 4.69) is 27.8 Å². The van der Waals surface area contributed by atoms with Gasteiger partial charge in [0.2, 0.25) is 27.6 Å². The van der Waals surface area contributed by atoms with E-state index in [4.69, 9.17) is 0 Å². The first-order valence-corrected chi connectivity index (χ1v) is 17.5. The Hall–Kier alpha value is -3.00. The number of ketones is 1. The van der Waals surface area contributed by atoms with Crippen molar-refractivity contribution in [3.8, 4) is 0 Å². The summed E-state index contributed by atoms with van der Waals surface area (Å²) in [4.78, 5) is 67.6. The number of nitrogens with zero attached hydrogens (tertiary/aromatic N) is 2. The summed E-state index contributed by atoms with van der Waals surface area (Å²) < 4.78 is 26.3. The first-order valence-electron chi connectivity index (χ1n) is 15.9. The van der Waals surface area contributed by atoms with Crippen LogP contribution in [-0.4, -0.2) is 103 Å². The van der Waals surface area contributed by atoms with Crippen molar-refractivity contribution in [2.45, 2.75) is 104 Å². The predicted octanol–water partition coefficient (Wildman–Crippen LogP) is 1.30. The maximum Gasteiger partial charge on any atom is 0.315 e. The highest BCUT2D eigenvalue weighted by molar-refractivity contribution is 7.89. The monoisotopic (exact) mass is 652 g/mol. The molecule has 3 rings (SSSR count). The van der Waals surface area contributed by atoms with Crippen LogP contribution in [0, 0.1) is 16.7 Å². The molecule has 1 unspecified atom stereocenters. The average Bonchev–Trinajstić information content (AvgIpc) is 3.49. The van der Waals surface area contributed by atoms with E-state index in [0.29, 0.717) is 38.8 Å². The summed E-state index contributed by atoms with van der Waals surface area (Å²) in [6, 6.07) is -4.00. The number of likely N-dealkylation sites (tertiary alicyclic amines) is 1. The molecule has 4 atom stereocenters. The quantitative estimate of drug-likeness (QED) is 0.171. The molecule has 1 saturated carbocycles. The number of hydrogen-bond donors (Lipinski definition) is 4. The molecule has 0 radical (unpaired) electrons. The summed E-state index contributed by atoms with van der Waals surface area (Å²) in [5, 5.41) is 10.9. The summed E-state index contributed by atoms with van der Waals surface area (Å²) in [6.07, 6.45) is 5.14. The van der Waals surface area contributed by atoms with Crippen LogP contribution in [0.1, 0.15) is 80.1 Å². The summed E-state index contributed by atoms with van der Waals surface area (Å²) >= 11 is 0. The second-order valence-corrected chi connectivity index (χ2v) is 16.7. The van der Waals surface area contributed by atoms with Crippen molar-refractivity contribution in [1.29, 1.82) is 0 Å². The van der Waals surface area contributed by atoms with Crippen molar-refractivity contribution >= 4 is 39.6 Å². The number of carbonyl (C=O) groups is 5. The fourth-order valence-corrected chi connectivity index (χ4v) is 7.22. The molecule has 0 bridgehead atoms. The molecule has 0 aromatic carbocycles. The highest BCUT2D eigenvalue weighted by atomic mass is 32.2. The number of carbonyl (C=O) groups excluding carboxylic acids is 5. The van der Waals surface area contributed by atoms with Crippen LogP contribution in [0.3, 0.4) is 0 Å². The Labute approximate surface area is 267 Å². The fourth-order valence-electron chi connectivity index (χ4n) is 5.68. The molecule has 13 nitrogen and oxygen atoms in total. The highest BCUT2D eigenvalue weighted by Crippen LogP contribution is 2.34. The third-order valence-corrected chi connectivity index (χ3v) is 10.6. The average molecular weight is 653 g/mol. The SMILES string of the molecule is C=CCNC(=O)C(=O)C(CC1CC1)NC(=O)[C@@H]1CCCN1C(=O)[C@@H](NC(=O)N[C@H](CN1CCCS1(=O)=O)C(C)(C)C)C(C)(C)C. The van der Waals surface area contributed by atoms with E-state index in [-0.39, 0.29) is 24.8 Å². The summed E-state index contributed by atoms with van der Waals surface area (Å²) in [5.41, 5.74) is -1.22. The minimum atomic E-state index is -3.37. The van der Waals surface area contributed by atoms with E-state index in [0.717, 1.165) is 12.8 Å². The number of sulfonamides is 1. The van der Waals surface area contributed by atoms with Crippen molar-refractivity contribution in [3.63, 3.8) is 0 Å². The van der Waals surface area contributed by atoms with E-state index in [1.54, 1.807) is 0 Å². The zero-order valence-electron chi connectivity index (χ0n) is 27.6. The van der Waals surface area contributed by atoms with Crippen LogP contribution in [-0.2, 0) is 29.2 Å². The van der Waals surface area contributed by atoms with Crippen molar-refractivity contribution in [2.75, 3.05) is 31.9 Å². The Morgan fingerprint density at radius 2 is 1.58 bits per heavy atom. The molecule has 5 amide bonds. The van der Waals surface area contributed by atoms with Crippen molar-refractivity contribution in [1.82, 2.24) is 30.5 Å². The first-order chi connectivity index (χ1) is 20.8. The number of amides is 5. The van der Waals surface area contributed by atoms with Crippen LogP contribution in [0.15, 0.2) is 12.7 Å². The van der Waals surface area contributed by atoms with Crippen LogP contribution >= 0.6 is 0 Å². The molecule has 1 aliphatic carbocycles. The second kappa shape index (κ2) is 14.6. The minimum Gasteiger partial charge on any atom is -0.346 e. The Bertz CT molecular complexity index is 1250. The standard InChI is InChI=1S/C31H52N6O7S/c1-8-14-32-27(40)24(38)21(18-20-12-13-20)33-26(39)22-11-9-16-37(22)28(41)25(31(5,6)7)35-29(42)34-23(30(2,3)4)19-36-15-10-17-45(36,43)44/h8,20-23,25H,1,9-19H2,2-7H3,(H,32,40)(H,33,39)(H2,34,35,42)/t21?,22-,23+,25+/m0/s1. The minimum absolute atomic E-state index is 0.0826. The summed E-state index contributed by atoms with van der Waals surface area (Å²) in [7, 11) is -3.37. The molecule has 45 heavy (non-hydrogen) atoms. The van der Waals surface area contributed by atoms with Crippen LogP contribution in [0.5, 0.6) is 0 Å². The van der Waals surface area contributed by atoms with Gasteiger partial charge in [-0.3, -0.25) is 19.2 Å². The molecule has 0 aromatic rings. The first kappa shape index (κ1) is 36.5. The molecule has 2 aliphatic heterocycles. The molecule has 4 N–H and O–H groups in total. The Morgan fingerprint density at radius 1 is 0.911 bits per heavy atom. The molecular weight excluding hydrogens is 600 g/mol. The van der Waals surface area contributed by atoms with Gasteiger partial charge in [-0.2, -0.15) is 4.31 Å². The van der Waals surface area contributed by atoms with Crippen molar-refractivity contribution in [2.24, 2.45) is 16.7 Å². The number of hydrogen-bond acceptors (Lipinski definition) is 7. The molecule has 2 saturated heterocycles. The third kappa shape index (κ3) is 9.99. The van der Waals surface area contributed by atoms with Gasteiger partial charge >= 0.3 is 6.03 Å². The van der Waals surface area contributed by atoms with Gasteiger partial charge in [0, 0.05) is 32.2 Å². The predicted molar refractivity (Wildman–Crippen MR) is 170 cm³/mol. The number of rotatable bonds is 13. The number of nitrogens with one attached hydrogen (secondary N) is 4. The number of urea groups is 1. The van der Waals surface area contributed by atoms with Crippen molar-refractivity contribution < 1.29 is 32.4 Å². The second-order valence-electron chi connectivity index (χ2n) is 14.7. The number of Topliss-reactive ketones (excluding diaryl/α,β-unsaturated/α-hetero) is 1. The molecule has 0 aromatic heterocycles. The lowest BCUT2D eigenvalue weighted by Gasteiger charge is -2.37. The fraction of sp³-hybridized carbons (Fsp3) is 0.774. The molecule has 14 heteroatoms. The van der Waals surface area contributed by atoms with Gasteiger partial charge in [0.05, 0.1) is 11.8 Å². The maximum atomic E-state index is 14.0. The molecule has 3 aliphatic rings. The van der Waals surface area contributed by atoms with Crippen LogP contribution < -0.4 is 21.3 Å². The van der Waals surface area contributed by atoms with Gasteiger partial charge in [-0.1, -0.05) is 60.5 Å². The van der Waals surface area contributed by atoms with Crippen LogP contribution in [0.25, 0.3) is 0 Å².